The molecular weight excluding hydrogens is 679 g/mol. The Kier molecular flexibility index (Phi) is 11.5. The maximum atomic E-state index is 2.55. The van der Waals surface area contributed by atoms with Crippen molar-refractivity contribution < 1.29 is 46.1 Å². The molecular formula is C43H48Cl2Zr. The Morgan fingerprint density at radius 3 is 1.50 bits per heavy atom. The van der Waals surface area contributed by atoms with E-state index in [4.69, 9.17) is 0 Å². The topological polar surface area (TPSA) is 0 Å². The summed E-state index contributed by atoms with van der Waals surface area (Å²) in [5.74, 6) is 0. The second-order valence-corrected chi connectivity index (χ2v) is 21.9. The van der Waals surface area contributed by atoms with E-state index in [2.05, 4.69) is 159 Å². The standard InChI is InChI=1S/C21H25.C17H18.C5H5.2ClH.Zr/c1-20(2,3)16-9-7-14-11-15-8-10-17(21(4,5)6)13-19(15)18(14)12-16;1-14-8-3-5-10-16(14)12-7-13-17-11-6-4-9-15(17)2;1-2-4-5-3-1;;;/h7-13H,1-6H3;3-6,8-11H,12-13H2,1-2H3;1-3H,4H2;2*1H;/q;;;;;+2/p-2. The average Bonchev–Trinajstić information content (AvgIpc) is 3.61. The molecule has 0 atom stereocenters. The summed E-state index contributed by atoms with van der Waals surface area (Å²) in [4.78, 5) is 0. The minimum absolute atomic E-state index is 0. The van der Waals surface area contributed by atoms with E-state index in [9.17, 15) is 0 Å². The monoisotopic (exact) mass is 724 g/mol. The van der Waals surface area contributed by atoms with Gasteiger partial charge in [0.05, 0.1) is 0 Å². The molecule has 0 bridgehead atoms. The Morgan fingerprint density at radius 2 is 1.11 bits per heavy atom. The summed E-state index contributed by atoms with van der Waals surface area (Å²) in [5, 5.41) is 0. The van der Waals surface area contributed by atoms with E-state index in [0.29, 0.717) is 3.63 Å². The van der Waals surface area contributed by atoms with Crippen molar-refractivity contribution in [3.05, 3.63) is 151 Å². The fraction of sp³-hybridized carbons (Fsp3) is 0.326. The fourth-order valence-corrected chi connectivity index (χ4v) is 16.3. The van der Waals surface area contributed by atoms with Crippen molar-refractivity contribution in [2.75, 3.05) is 0 Å². The third kappa shape index (κ3) is 7.38. The summed E-state index contributed by atoms with van der Waals surface area (Å²) < 4.78 is 4.04. The van der Waals surface area contributed by atoms with Gasteiger partial charge in [0.15, 0.2) is 0 Å². The maximum absolute atomic E-state index is 2.55. The van der Waals surface area contributed by atoms with Crippen LogP contribution in [0.25, 0.3) is 11.1 Å². The molecule has 0 aromatic heterocycles. The molecule has 238 valence electrons. The van der Waals surface area contributed by atoms with E-state index < -0.39 is 21.3 Å². The Morgan fingerprint density at radius 1 is 0.652 bits per heavy atom. The van der Waals surface area contributed by atoms with Crippen molar-refractivity contribution >= 4 is 3.21 Å². The van der Waals surface area contributed by atoms with Crippen LogP contribution in [0.3, 0.4) is 0 Å². The van der Waals surface area contributed by atoms with Crippen LogP contribution in [0.1, 0.15) is 96.1 Å². The molecule has 0 spiro atoms. The Hall–Kier alpha value is -2.31. The molecule has 0 fully saturated rings. The summed E-state index contributed by atoms with van der Waals surface area (Å²) >= 11 is -2.55. The smallest absolute Gasteiger partial charge is 1.00 e. The zero-order valence-corrected chi connectivity index (χ0v) is 32.7. The molecule has 2 aliphatic rings. The van der Waals surface area contributed by atoms with E-state index in [1.165, 1.54) is 44.5 Å². The predicted molar refractivity (Wildman–Crippen MR) is 188 cm³/mol. The number of fused-ring (bicyclic) bond motifs is 3. The van der Waals surface area contributed by atoms with Gasteiger partial charge in [-0.25, -0.2) is 0 Å². The molecule has 0 N–H and O–H groups in total. The van der Waals surface area contributed by atoms with Gasteiger partial charge in [-0.2, -0.15) is 0 Å². The van der Waals surface area contributed by atoms with Gasteiger partial charge in [0.25, 0.3) is 0 Å². The first-order valence-electron chi connectivity index (χ1n) is 16.4. The fourth-order valence-electron chi connectivity index (χ4n) is 7.09. The second-order valence-electron chi connectivity index (χ2n) is 15.1. The van der Waals surface area contributed by atoms with Crippen molar-refractivity contribution in [3.63, 3.8) is 0 Å². The number of hydrogen-bond acceptors (Lipinski definition) is 0. The maximum Gasteiger partial charge on any atom is -1.00 e. The van der Waals surface area contributed by atoms with Gasteiger partial charge in [0, 0.05) is 0 Å². The molecule has 0 nitrogen and oxygen atoms in total. The Bertz CT molecular complexity index is 1710. The average molecular weight is 727 g/mol. The Balaban J connectivity index is 0.00000240. The Labute approximate surface area is 298 Å². The first-order chi connectivity index (χ1) is 20.9. The van der Waals surface area contributed by atoms with Crippen LogP contribution in [0.15, 0.2) is 106 Å². The van der Waals surface area contributed by atoms with Gasteiger partial charge < -0.3 is 24.8 Å². The molecule has 0 saturated heterocycles. The summed E-state index contributed by atoms with van der Waals surface area (Å²) in [7, 11) is 0. The van der Waals surface area contributed by atoms with Gasteiger partial charge in [0.2, 0.25) is 0 Å². The summed E-state index contributed by atoms with van der Waals surface area (Å²) in [5.41, 5.74) is 15.0. The van der Waals surface area contributed by atoms with Gasteiger partial charge in [-0.3, -0.25) is 0 Å². The first-order valence-corrected chi connectivity index (χ1v) is 20.3. The van der Waals surface area contributed by atoms with Crippen LogP contribution in [0, 0.1) is 13.8 Å². The number of halogens is 2. The van der Waals surface area contributed by atoms with E-state index in [1.54, 1.807) is 14.4 Å². The molecule has 0 saturated carbocycles. The summed E-state index contributed by atoms with van der Waals surface area (Å²) in [6, 6.07) is 33.2. The van der Waals surface area contributed by atoms with E-state index in [-0.39, 0.29) is 35.6 Å². The third-order valence-electron chi connectivity index (χ3n) is 9.87. The van der Waals surface area contributed by atoms with Crippen LogP contribution in [0.5, 0.6) is 0 Å². The quantitative estimate of drug-likeness (QED) is 0.260. The van der Waals surface area contributed by atoms with E-state index in [0.717, 1.165) is 19.3 Å². The number of allylic oxidation sites excluding steroid dienone is 4. The van der Waals surface area contributed by atoms with Gasteiger partial charge in [-0.1, -0.05) is 0 Å². The van der Waals surface area contributed by atoms with Crippen LogP contribution < -0.4 is 24.8 Å². The molecule has 3 heteroatoms. The van der Waals surface area contributed by atoms with Crippen molar-refractivity contribution in [2.45, 2.75) is 89.1 Å². The predicted octanol–water partition coefficient (Wildman–Crippen LogP) is 5.10. The van der Waals surface area contributed by atoms with E-state index >= 15 is 0 Å². The SMILES string of the molecule is Cc1ccccc1C[C](Cc1ccccc1C)=[Zr+2]([C]1=CC=CC1)[CH]1c2ccc(C(C)(C)C)cc2-c2cc(C(C)(C)C)ccc21.[Cl-].[Cl-]. The zero-order chi connectivity index (χ0) is 31.2. The van der Waals surface area contributed by atoms with Gasteiger partial charge >= 0.3 is 276 Å². The molecule has 0 heterocycles. The van der Waals surface area contributed by atoms with Crippen molar-refractivity contribution in [1.29, 1.82) is 0 Å². The molecule has 2 aliphatic carbocycles. The summed E-state index contributed by atoms with van der Waals surface area (Å²) in [6.07, 6.45) is 10.5. The second kappa shape index (κ2) is 14.4. The van der Waals surface area contributed by atoms with Gasteiger partial charge in [0.1, 0.15) is 0 Å². The third-order valence-corrected chi connectivity index (χ3v) is 18.2. The molecule has 0 amide bonds. The number of benzene rings is 4. The van der Waals surface area contributed by atoms with E-state index in [1.807, 2.05) is 3.21 Å². The molecule has 4 aromatic carbocycles. The molecule has 6 rings (SSSR count). The van der Waals surface area contributed by atoms with Gasteiger partial charge in [-0.05, 0) is 0 Å². The molecule has 0 radical (unpaired) electrons. The number of rotatable bonds is 6. The van der Waals surface area contributed by atoms with Crippen molar-refractivity contribution in [3.8, 4) is 11.1 Å². The van der Waals surface area contributed by atoms with Crippen LogP contribution in [0.4, 0.5) is 0 Å². The number of aryl methyl sites for hydroxylation is 2. The minimum Gasteiger partial charge on any atom is -1.00 e. The number of hydrogen-bond donors (Lipinski definition) is 0. The normalized spacial score (nSPS) is 13.6. The van der Waals surface area contributed by atoms with Crippen LogP contribution in [-0.4, -0.2) is 3.21 Å². The van der Waals surface area contributed by atoms with Crippen molar-refractivity contribution in [2.24, 2.45) is 0 Å². The van der Waals surface area contributed by atoms with Crippen LogP contribution in [0.2, 0.25) is 0 Å². The van der Waals surface area contributed by atoms with Crippen molar-refractivity contribution in [1.82, 2.24) is 0 Å². The molecule has 0 unspecified atom stereocenters. The van der Waals surface area contributed by atoms with Gasteiger partial charge in [-0.15, -0.1) is 0 Å². The zero-order valence-electron chi connectivity index (χ0n) is 28.8. The minimum atomic E-state index is -2.55. The summed E-state index contributed by atoms with van der Waals surface area (Å²) in [6.45, 7) is 18.7. The van der Waals surface area contributed by atoms with Crippen LogP contribution in [-0.2, 0) is 44.9 Å². The first kappa shape index (κ1) is 36.5. The molecule has 4 aromatic rings. The largest absolute Gasteiger partial charge is 1.00 e. The molecule has 46 heavy (non-hydrogen) atoms. The molecule has 0 aliphatic heterocycles. The van der Waals surface area contributed by atoms with Crippen LogP contribution >= 0.6 is 0 Å².